The lowest BCUT2D eigenvalue weighted by atomic mass is 10.00. The number of hydrogen-bond donors (Lipinski definition) is 0. The smallest absolute Gasteiger partial charge is 0.137 e. The van der Waals surface area contributed by atoms with Gasteiger partial charge in [0, 0.05) is 16.8 Å². The molecule has 0 fully saturated rings. The Morgan fingerprint density at radius 2 is 0.957 bits per heavy atom. The third-order valence-corrected chi connectivity index (χ3v) is 8.50. The summed E-state index contributed by atoms with van der Waals surface area (Å²) in [7, 11) is 0. The van der Waals surface area contributed by atoms with Crippen LogP contribution >= 0.6 is 0 Å². The summed E-state index contributed by atoms with van der Waals surface area (Å²) in [5, 5.41) is 11.6. The van der Waals surface area contributed by atoms with Crippen LogP contribution in [-0.4, -0.2) is 0 Å². The van der Waals surface area contributed by atoms with Gasteiger partial charge in [0.2, 0.25) is 0 Å². The molecule has 8 rings (SSSR count). The van der Waals surface area contributed by atoms with Gasteiger partial charge in [-0.2, -0.15) is 5.26 Å². The Labute approximate surface area is 267 Å². The quantitative estimate of drug-likeness (QED) is 0.194. The second-order valence-electron chi connectivity index (χ2n) is 11.3. The van der Waals surface area contributed by atoms with Crippen molar-refractivity contribution < 1.29 is 4.42 Å². The first-order chi connectivity index (χ1) is 22.7. The Kier molecular flexibility index (Phi) is 6.87. The summed E-state index contributed by atoms with van der Waals surface area (Å²) in [6, 6.07) is 60.9. The lowest BCUT2D eigenvalue weighted by molar-refractivity contribution is 0.669. The molecule has 0 saturated carbocycles. The van der Waals surface area contributed by atoms with Gasteiger partial charge in [-0.1, -0.05) is 109 Å². The number of rotatable bonds is 6. The fourth-order valence-electron chi connectivity index (χ4n) is 6.24. The third-order valence-electron chi connectivity index (χ3n) is 8.50. The van der Waals surface area contributed by atoms with Crippen LogP contribution in [0.25, 0.3) is 55.3 Å². The summed E-state index contributed by atoms with van der Waals surface area (Å²) in [6.07, 6.45) is 0. The van der Waals surface area contributed by atoms with E-state index in [0.29, 0.717) is 5.56 Å². The molecule has 0 radical (unpaired) electrons. The van der Waals surface area contributed by atoms with Gasteiger partial charge >= 0.3 is 0 Å². The van der Waals surface area contributed by atoms with Crippen molar-refractivity contribution in [3.05, 3.63) is 175 Å². The van der Waals surface area contributed by atoms with E-state index in [1.165, 1.54) is 22.3 Å². The van der Waals surface area contributed by atoms with Gasteiger partial charge in [0.1, 0.15) is 11.2 Å². The van der Waals surface area contributed by atoms with E-state index in [1.54, 1.807) is 0 Å². The van der Waals surface area contributed by atoms with E-state index in [-0.39, 0.29) is 0 Å². The van der Waals surface area contributed by atoms with Crippen molar-refractivity contribution in [1.82, 2.24) is 0 Å². The van der Waals surface area contributed by atoms with Gasteiger partial charge in [0.05, 0.1) is 22.7 Å². The molecule has 0 aliphatic carbocycles. The number of anilines is 3. The Bertz CT molecular complexity index is 2270. The molecule has 1 heterocycles. The van der Waals surface area contributed by atoms with Crippen LogP contribution < -0.4 is 4.90 Å². The minimum absolute atomic E-state index is 0.638. The van der Waals surface area contributed by atoms with Crippen LogP contribution in [0.5, 0.6) is 0 Å². The highest BCUT2D eigenvalue weighted by Gasteiger charge is 2.20. The van der Waals surface area contributed by atoms with Crippen LogP contribution in [0, 0.1) is 11.3 Å². The normalized spacial score (nSPS) is 11.0. The number of hydrogen-bond acceptors (Lipinski definition) is 3. The number of benzene rings is 7. The van der Waals surface area contributed by atoms with Gasteiger partial charge in [0.15, 0.2) is 0 Å². The summed E-state index contributed by atoms with van der Waals surface area (Å²) in [4.78, 5) is 2.31. The average Bonchev–Trinajstić information content (AvgIpc) is 3.52. The van der Waals surface area contributed by atoms with E-state index in [4.69, 9.17) is 4.42 Å². The number of furan rings is 1. The summed E-state index contributed by atoms with van der Waals surface area (Å²) in [5.41, 5.74) is 12.1. The SMILES string of the molecule is N#Cc1cccc(-c2ccc3oc4cccc(N(c5ccc(-c6ccccc6)cc5)c5ccc(-c6ccccc6)cc5)c4c3c2)c1. The van der Waals surface area contributed by atoms with Gasteiger partial charge in [-0.15, -0.1) is 0 Å². The van der Waals surface area contributed by atoms with Crippen molar-refractivity contribution in [1.29, 1.82) is 5.26 Å². The van der Waals surface area contributed by atoms with Crippen molar-refractivity contribution >= 4 is 39.0 Å². The minimum atomic E-state index is 0.638. The van der Waals surface area contributed by atoms with Gasteiger partial charge in [-0.05, 0) is 94.0 Å². The average molecular weight is 589 g/mol. The van der Waals surface area contributed by atoms with E-state index in [9.17, 15) is 5.26 Å². The predicted molar refractivity (Wildman–Crippen MR) is 189 cm³/mol. The molecule has 1 aromatic heterocycles. The van der Waals surface area contributed by atoms with E-state index in [2.05, 4.69) is 132 Å². The molecule has 216 valence electrons. The maximum atomic E-state index is 9.50. The molecule has 0 saturated heterocycles. The van der Waals surface area contributed by atoms with Gasteiger partial charge in [0.25, 0.3) is 0 Å². The zero-order valence-electron chi connectivity index (χ0n) is 25.0. The Morgan fingerprint density at radius 3 is 1.57 bits per heavy atom. The first-order valence-corrected chi connectivity index (χ1v) is 15.3. The molecule has 0 atom stereocenters. The lowest BCUT2D eigenvalue weighted by Crippen LogP contribution is -2.10. The number of nitrogens with zero attached hydrogens (tertiary/aromatic N) is 2. The zero-order valence-corrected chi connectivity index (χ0v) is 25.0. The zero-order chi connectivity index (χ0) is 30.9. The fourth-order valence-corrected chi connectivity index (χ4v) is 6.24. The van der Waals surface area contributed by atoms with Gasteiger partial charge in [-0.25, -0.2) is 0 Å². The van der Waals surface area contributed by atoms with Gasteiger partial charge < -0.3 is 9.32 Å². The Hall–Kier alpha value is -6.37. The number of fused-ring (bicyclic) bond motifs is 3. The first kappa shape index (κ1) is 27.2. The van der Waals surface area contributed by atoms with E-state index in [1.807, 2.05) is 48.5 Å². The molecule has 0 bridgehead atoms. The molecular formula is C43H28N2O. The monoisotopic (exact) mass is 588 g/mol. The van der Waals surface area contributed by atoms with Crippen LogP contribution in [0.1, 0.15) is 5.56 Å². The second kappa shape index (κ2) is 11.6. The maximum absolute atomic E-state index is 9.50. The molecule has 3 heteroatoms. The van der Waals surface area contributed by atoms with Crippen molar-refractivity contribution in [2.75, 3.05) is 4.90 Å². The summed E-state index contributed by atoms with van der Waals surface area (Å²) in [6.45, 7) is 0. The Balaban J connectivity index is 1.31. The largest absolute Gasteiger partial charge is 0.456 e. The summed E-state index contributed by atoms with van der Waals surface area (Å²) >= 11 is 0. The van der Waals surface area contributed by atoms with Crippen LogP contribution in [0.2, 0.25) is 0 Å². The minimum Gasteiger partial charge on any atom is -0.456 e. The van der Waals surface area contributed by atoms with E-state index >= 15 is 0 Å². The molecular weight excluding hydrogens is 560 g/mol. The van der Waals surface area contributed by atoms with E-state index < -0.39 is 0 Å². The van der Waals surface area contributed by atoms with Crippen molar-refractivity contribution in [3.63, 3.8) is 0 Å². The van der Waals surface area contributed by atoms with Crippen LogP contribution in [0.4, 0.5) is 17.1 Å². The van der Waals surface area contributed by atoms with Crippen molar-refractivity contribution in [2.24, 2.45) is 0 Å². The second-order valence-corrected chi connectivity index (χ2v) is 11.3. The molecule has 0 amide bonds. The predicted octanol–water partition coefficient (Wildman–Crippen LogP) is 11.9. The third kappa shape index (κ3) is 4.99. The van der Waals surface area contributed by atoms with Crippen LogP contribution in [0.15, 0.2) is 174 Å². The molecule has 46 heavy (non-hydrogen) atoms. The van der Waals surface area contributed by atoms with Crippen LogP contribution in [0.3, 0.4) is 0 Å². The maximum Gasteiger partial charge on any atom is 0.137 e. The molecule has 0 spiro atoms. The van der Waals surface area contributed by atoms with Gasteiger partial charge in [-0.3, -0.25) is 0 Å². The molecule has 0 unspecified atom stereocenters. The van der Waals surface area contributed by atoms with Crippen molar-refractivity contribution in [2.45, 2.75) is 0 Å². The molecule has 7 aromatic carbocycles. The first-order valence-electron chi connectivity index (χ1n) is 15.3. The topological polar surface area (TPSA) is 40.2 Å². The standard InChI is InChI=1S/C43H28N2O/c44-29-30-9-7-14-35(27-30)36-21-26-41-39(28-36)43-40(15-8-16-42(43)46-41)45(37-22-17-33(18-23-37)31-10-3-1-4-11-31)38-24-19-34(20-25-38)32-12-5-2-6-13-32/h1-28H. The molecule has 8 aromatic rings. The van der Waals surface area contributed by atoms with E-state index in [0.717, 1.165) is 50.1 Å². The Morgan fingerprint density at radius 1 is 0.435 bits per heavy atom. The summed E-state index contributed by atoms with van der Waals surface area (Å²) in [5.74, 6) is 0. The fraction of sp³-hybridized carbons (Fsp3) is 0. The van der Waals surface area contributed by atoms with Crippen LogP contribution in [-0.2, 0) is 0 Å². The molecule has 0 aliphatic rings. The molecule has 3 nitrogen and oxygen atoms in total. The lowest BCUT2D eigenvalue weighted by Gasteiger charge is -2.26. The number of nitriles is 1. The highest BCUT2D eigenvalue weighted by molar-refractivity contribution is 6.14. The molecule has 0 N–H and O–H groups in total. The highest BCUT2D eigenvalue weighted by atomic mass is 16.3. The molecule has 0 aliphatic heterocycles. The van der Waals surface area contributed by atoms with Crippen molar-refractivity contribution in [3.8, 4) is 39.4 Å². The highest BCUT2D eigenvalue weighted by Crippen LogP contribution is 2.44. The summed E-state index contributed by atoms with van der Waals surface area (Å²) < 4.78 is 6.43.